The Labute approximate surface area is 102 Å². The Morgan fingerprint density at radius 3 is 2.59 bits per heavy atom. The Kier molecular flexibility index (Phi) is 4.51. The maximum absolute atomic E-state index is 11.4. The van der Waals surface area contributed by atoms with Gasteiger partial charge in [0.1, 0.15) is 5.54 Å². The van der Waals surface area contributed by atoms with Crippen LogP contribution in [0, 0.1) is 0 Å². The van der Waals surface area contributed by atoms with Gasteiger partial charge in [0, 0.05) is 13.1 Å². The highest BCUT2D eigenvalue weighted by molar-refractivity contribution is 7.91. The van der Waals surface area contributed by atoms with E-state index in [1.807, 2.05) is 4.90 Å². The van der Waals surface area contributed by atoms with Crippen molar-refractivity contribution >= 4 is 15.8 Å². The summed E-state index contributed by atoms with van der Waals surface area (Å²) in [5.74, 6) is -0.605. The quantitative estimate of drug-likeness (QED) is 0.689. The van der Waals surface area contributed by atoms with Crippen molar-refractivity contribution in [3.8, 4) is 0 Å². The summed E-state index contributed by atoms with van der Waals surface area (Å²) in [5.41, 5.74) is -1.03. The topological polar surface area (TPSA) is 86.7 Å². The van der Waals surface area contributed by atoms with Crippen LogP contribution in [-0.4, -0.2) is 68.1 Å². The number of aliphatic carboxylic acids is 1. The molecule has 1 unspecified atom stereocenters. The Bertz CT molecular complexity index is 382. The van der Waals surface area contributed by atoms with Crippen molar-refractivity contribution in [3.05, 3.63) is 0 Å². The third kappa shape index (κ3) is 3.93. The zero-order valence-corrected chi connectivity index (χ0v) is 11.1. The van der Waals surface area contributed by atoms with Gasteiger partial charge in [0.05, 0.1) is 11.5 Å². The number of likely N-dealkylation sites (N-methyl/N-ethyl adjacent to an activating group) is 1. The number of nitrogens with zero attached hydrogens (tertiary/aromatic N) is 1. The van der Waals surface area contributed by atoms with E-state index in [9.17, 15) is 13.2 Å². The predicted molar refractivity (Wildman–Crippen MR) is 64.8 cm³/mol. The fourth-order valence-electron chi connectivity index (χ4n) is 1.85. The molecule has 0 radical (unpaired) electrons. The lowest BCUT2D eigenvalue weighted by Gasteiger charge is -2.31. The second-order valence-electron chi connectivity index (χ2n) is 4.67. The van der Waals surface area contributed by atoms with E-state index in [0.717, 1.165) is 0 Å². The molecule has 0 bridgehead atoms. The van der Waals surface area contributed by atoms with E-state index < -0.39 is 21.3 Å². The molecule has 0 amide bonds. The zero-order valence-electron chi connectivity index (χ0n) is 10.3. The van der Waals surface area contributed by atoms with Crippen molar-refractivity contribution in [2.24, 2.45) is 0 Å². The van der Waals surface area contributed by atoms with Crippen molar-refractivity contribution in [2.45, 2.75) is 18.9 Å². The fraction of sp³-hybridized carbons (Fsp3) is 0.900. The molecule has 1 aliphatic heterocycles. The number of hydrogen-bond acceptors (Lipinski definition) is 5. The van der Waals surface area contributed by atoms with Crippen LogP contribution in [0.25, 0.3) is 0 Å². The van der Waals surface area contributed by atoms with Crippen LogP contribution in [0.15, 0.2) is 0 Å². The minimum Gasteiger partial charge on any atom is -0.480 e. The van der Waals surface area contributed by atoms with Gasteiger partial charge in [-0.1, -0.05) is 0 Å². The third-order valence-electron chi connectivity index (χ3n) is 3.21. The van der Waals surface area contributed by atoms with Crippen LogP contribution in [0.4, 0.5) is 0 Å². The summed E-state index contributed by atoms with van der Waals surface area (Å²) in [7, 11) is -1.34. The predicted octanol–water partition coefficient (Wildman–Crippen LogP) is -0.830. The van der Waals surface area contributed by atoms with Crippen LogP contribution in [0.1, 0.15) is 13.3 Å². The molecule has 1 saturated heterocycles. The molecule has 0 aliphatic carbocycles. The fourth-order valence-corrected chi connectivity index (χ4v) is 3.16. The van der Waals surface area contributed by atoms with E-state index in [-0.39, 0.29) is 11.5 Å². The maximum Gasteiger partial charge on any atom is 0.324 e. The van der Waals surface area contributed by atoms with E-state index in [1.165, 1.54) is 0 Å². The summed E-state index contributed by atoms with van der Waals surface area (Å²) in [6.07, 6.45) is 0.571. The summed E-state index contributed by atoms with van der Waals surface area (Å²) in [5, 5.41) is 11.9. The molecular weight excluding hydrogens is 244 g/mol. The first-order valence-corrected chi connectivity index (χ1v) is 7.46. The average Bonchev–Trinajstić information content (AvgIpc) is 2.40. The van der Waals surface area contributed by atoms with Crippen LogP contribution in [-0.2, 0) is 14.6 Å². The van der Waals surface area contributed by atoms with E-state index in [0.29, 0.717) is 26.1 Å². The van der Waals surface area contributed by atoms with E-state index in [4.69, 9.17) is 5.11 Å². The third-order valence-corrected chi connectivity index (χ3v) is 4.93. The molecule has 0 saturated carbocycles. The first-order chi connectivity index (χ1) is 7.79. The lowest BCUT2D eigenvalue weighted by Crippen LogP contribution is -2.55. The first-order valence-electron chi connectivity index (χ1n) is 5.64. The molecular formula is C10H20N2O4S. The molecule has 1 aliphatic rings. The smallest absolute Gasteiger partial charge is 0.324 e. The van der Waals surface area contributed by atoms with Crippen molar-refractivity contribution in [1.29, 1.82) is 0 Å². The number of rotatable bonds is 4. The summed E-state index contributed by atoms with van der Waals surface area (Å²) in [4.78, 5) is 13.0. The minimum atomic E-state index is -2.94. The highest BCUT2D eigenvalue weighted by Crippen LogP contribution is 2.11. The summed E-state index contributed by atoms with van der Waals surface area (Å²) >= 11 is 0. The molecule has 1 heterocycles. The van der Waals surface area contributed by atoms with Crippen LogP contribution in [0.2, 0.25) is 0 Å². The Morgan fingerprint density at radius 2 is 2.06 bits per heavy atom. The van der Waals surface area contributed by atoms with E-state index >= 15 is 0 Å². The number of sulfone groups is 1. The lowest BCUT2D eigenvalue weighted by atomic mass is 10.0. The van der Waals surface area contributed by atoms with Gasteiger partial charge in [-0.15, -0.1) is 0 Å². The van der Waals surface area contributed by atoms with Crippen molar-refractivity contribution in [3.63, 3.8) is 0 Å². The van der Waals surface area contributed by atoms with Gasteiger partial charge in [-0.25, -0.2) is 8.42 Å². The molecule has 1 rings (SSSR count). The van der Waals surface area contributed by atoms with E-state index in [2.05, 4.69) is 5.32 Å². The SMILES string of the molecule is CNC(C)(CN1CCCS(=O)(=O)CC1)C(=O)O. The zero-order chi connectivity index (χ0) is 13.1. The van der Waals surface area contributed by atoms with Gasteiger partial charge in [-0.05, 0) is 26.9 Å². The van der Waals surface area contributed by atoms with Crippen LogP contribution in [0.3, 0.4) is 0 Å². The summed E-state index contributed by atoms with van der Waals surface area (Å²) in [6, 6.07) is 0. The van der Waals surface area contributed by atoms with Crippen molar-refractivity contribution in [1.82, 2.24) is 10.2 Å². The Hall–Kier alpha value is -0.660. The normalized spacial score (nSPS) is 24.8. The molecule has 1 atom stereocenters. The lowest BCUT2D eigenvalue weighted by molar-refractivity contribution is -0.144. The van der Waals surface area contributed by atoms with Gasteiger partial charge in [0.25, 0.3) is 0 Å². The molecule has 1 fully saturated rings. The second-order valence-corrected chi connectivity index (χ2v) is 6.97. The number of carboxylic acid groups (broad SMARTS) is 1. The monoisotopic (exact) mass is 264 g/mol. The minimum absolute atomic E-state index is 0.117. The molecule has 6 nitrogen and oxygen atoms in total. The number of carboxylic acids is 1. The molecule has 100 valence electrons. The van der Waals surface area contributed by atoms with Gasteiger partial charge >= 0.3 is 5.97 Å². The van der Waals surface area contributed by atoms with E-state index in [1.54, 1.807) is 14.0 Å². The molecule has 7 heteroatoms. The molecule has 0 aromatic carbocycles. The summed E-state index contributed by atoms with van der Waals surface area (Å²) < 4.78 is 22.9. The van der Waals surface area contributed by atoms with Gasteiger partial charge in [0.15, 0.2) is 9.84 Å². The number of carbonyl (C=O) groups is 1. The molecule has 0 aromatic heterocycles. The Morgan fingerprint density at radius 1 is 1.41 bits per heavy atom. The van der Waals surface area contributed by atoms with Gasteiger partial charge in [0.2, 0.25) is 0 Å². The maximum atomic E-state index is 11.4. The van der Waals surface area contributed by atoms with Crippen molar-refractivity contribution in [2.75, 3.05) is 38.2 Å². The highest BCUT2D eigenvalue weighted by atomic mass is 32.2. The first kappa shape index (κ1) is 14.4. The molecule has 17 heavy (non-hydrogen) atoms. The molecule has 0 aromatic rings. The summed E-state index contributed by atoms with van der Waals surface area (Å²) in [6.45, 7) is 2.96. The van der Waals surface area contributed by atoms with Gasteiger partial charge in [-0.2, -0.15) is 0 Å². The van der Waals surface area contributed by atoms with Crippen LogP contribution in [0.5, 0.6) is 0 Å². The largest absolute Gasteiger partial charge is 0.480 e. The standard InChI is InChI=1S/C10H20N2O4S/c1-10(11-2,9(13)14)8-12-4-3-6-17(15,16)7-5-12/h11H,3-8H2,1-2H3,(H,13,14). The number of hydrogen-bond donors (Lipinski definition) is 2. The Balaban J connectivity index is 2.66. The highest BCUT2D eigenvalue weighted by Gasteiger charge is 2.34. The number of nitrogens with one attached hydrogen (secondary N) is 1. The molecule has 2 N–H and O–H groups in total. The van der Waals surface area contributed by atoms with Crippen LogP contribution < -0.4 is 5.32 Å². The van der Waals surface area contributed by atoms with Gasteiger partial charge in [-0.3, -0.25) is 9.69 Å². The average molecular weight is 264 g/mol. The second kappa shape index (κ2) is 5.32. The van der Waals surface area contributed by atoms with Crippen LogP contribution >= 0.6 is 0 Å². The van der Waals surface area contributed by atoms with Crippen molar-refractivity contribution < 1.29 is 18.3 Å². The van der Waals surface area contributed by atoms with Gasteiger partial charge < -0.3 is 10.4 Å². The molecule has 0 spiro atoms.